The number of hydrogen-bond donors (Lipinski definition) is 1. The van der Waals surface area contributed by atoms with Gasteiger partial charge in [-0.1, -0.05) is 33.2 Å². The Bertz CT molecular complexity index is 786. The molecule has 1 heterocycles. The van der Waals surface area contributed by atoms with E-state index in [2.05, 4.69) is 26.1 Å². The van der Waals surface area contributed by atoms with Crippen LogP contribution in [0.15, 0.2) is 51.5 Å². The molecule has 0 fully saturated rings. The van der Waals surface area contributed by atoms with Crippen molar-refractivity contribution in [3.8, 4) is 34.3 Å². The molecule has 0 aliphatic carbocycles. The van der Waals surface area contributed by atoms with Gasteiger partial charge in [-0.3, -0.25) is 0 Å². The predicted octanol–water partition coefficient (Wildman–Crippen LogP) is 3.88. The average molecular weight is 347 g/mol. The van der Waals surface area contributed by atoms with Gasteiger partial charge in [0.15, 0.2) is 0 Å². The van der Waals surface area contributed by atoms with E-state index in [1.54, 1.807) is 25.3 Å². The minimum Gasteiger partial charge on any atom is -0.507 e. The quantitative estimate of drug-likeness (QED) is 0.779. The highest BCUT2D eigenvalue weighted by molar-refractivity contribution is 9.10. The molecule has 0 bridgehead atoms. The van der Waals surface area contributed by atoms with E-state index in [0.717, 1.165) is 10.0 Å². The van der Waals surface area contributed by atoms with E-state index in [4.69, 9.17) is 9.26 Å². The van der Waals surface area contributed by atoms with E-state index in [-0.39, 0.29) is 11.6 Å². The lowest BCUT2D eigenvalue weighted by molar-refractivity contribution is 0.414. The van der Waals surface area contributed by atoms with Crippen molar-refractivity contribution in [3.05, 3.63) is 46.9 Å². The number of nitrogens with zero attached hydrogens (tertiary/aromatic N) is 2. The fraction of sp³-hybridized carbons (Fsp3) is 0.0667. The molecule has 0 radical (unpaired) electrons. The second-order valence-corrected chi connectivity index (χ2v) is 5.23. The number of aromatic nitrogens is 2. The summed E-state index contributed by atoms with van der Waals surface area (Å²) < 4.78 is 11.2. The van der Waals surface area contributed by atoms with Crippen molar-refractivity contribution in [2.45, 2.75) is 0 Å². The van der Waals surface area contributed by atoms with Gasteiger partial charge in [0.1, 0.15) is 11.5 Å². The van der Waals surface area contributed by atoms with Gasteiger partial charge in [0.25, 0.3) is 5.89 Å². The predicted molar refractivity (Wildman–Crippen MR) is 81.1 cm³/mol. The van der Waals surface area contributed by atoms with Crippen LogP contribution in [0.3, 0.4) is 0 Å². The molecule has 0 atom stereocenters. The highest BCUT2D eigenvalue weighted by Crippen LogP contribution is 2.32. The molecule has 21 heavy (non-hydrogen) atoms. The molecule has 0 aliphatic heterocycles. The van der Waals surface area contributed by atoms with Crippen LogP contribution in [-0.2, 0) is 0 Å². The molecular weight excluding hydrogens is 336 g/mol. The third-order valence-corrected chi connectivity index (χ3v) is 3.44. The van der Waals surface area contributed by atoms with E-state index in [1.165, 1.54) is 0 Å². The monoisotopic (exact) mass is 346 g/mol. The second-order valence-electron chi connectivity index (χ2n) is 4.32. The Kier molecular flexibility index (Phi) is 3.62. The van der Waals surface area contributed by atoms with Crippen molar-refractivity contribution in [3.63, 3.8) is 0 Å². The SMILES string of the molecule is COc1cccc(-c2noc(-c3ccc(Br)cc3O)n2)c1. The minimum absolute atomic E-state index is 0.0743. The molecule has 106 valence electrons. The van der Waals surface area contributed by atoms with Gasteiger partial charge in [0, 0.05) is 10.0 Å². The van der Waals surface area contributed by atoms with Crippen molar-refractivity contribution in [2.75, 3.05) is 7.11 Å². The van der Waals surface area contributed by atoms with Crippen LogP contribution in [0.4, 0.5) is 0 Å². The van der Waals surface area contributed by atoms with Crippen molar-refractivity contribution < 1.29 is 14.4 Å². The number of phenolic OH excluding ortho intramolecular Hbond substituents is 1. The van der Waals surface area contributed by atoms with Gasteiger partial charge >= 0.3 is 0 Å². The molecule has 5 nitrogen and oxygen atoms in total. The molecule has 0 unspecified atom stereocenters. The molecule has 0 saturated carbocycles. The summed E-state index contributed by atoms with van der Waals surface area (Å²) in [7, 11) is 1.60. The zero-order valence-corrected chi connectivity index (χ0v) is 12.7. The van der Waals surface area contributed by atoms with Crippen LogP contribution in [0, 0.1) is 0 Å². The fourth-order valence-electron chi connectivity index (χ4n) is 1.90. The van der Waals surface area contributed by atoms with Crippen molar-refractivity contribution in [1.82, 2.24) is 10.1 Å². The van der Waals surface area contributed by atoms with Gasteiger partial charge in [0.2, 0.25) is 5.82 Å². The Hall–Kier alpha value is -2.34. The van der Waals surface area contributed by atoms with Crippen molar-refractivity contribution in [1.29, 1.82) is 0 Å². The number of halogens is 1. The summed E-state index contributed by atoms with van der Waals surface area (Å²) in [6, 6.07) is 12.4. The van der Waals surface area contributed by atoms with Gasteiger partial charge in [-0.15, -0.1) is 0 Å². The van der Waals surface area contributed by atoms with Crippen LogP contribution in [0.25, 0.3) is 22.8 Å². The summed E-state index contributed by atoms with van der Waals surface area (Å²) in [4.78, 5) is 4.31. The third kappa shape index (κ3) is 2.75. The summed E-state index contributed by atoms with van der Waals surface area (Å²) in [5.41, 5.74) is 1.26. The Morgan fingerprint density at radius 2 is 2.05 bits per heavy atom. The van der Waals surface area contributed by atoms with Crippen molar-refractivity contribution in [2.24, 2.45) is 0 Å². The van der Waals surface area contributed by atoms with Crippen LogP contribution in [0.1, 0.15) is 0 Å². The zero-order chi connectivity index (χ0) is 14.8. The van der Waals surface area contributed by atoms with Crippen LogP contribution in [0.5, 0.6) is 11.5 Å². The largest absolute Gasteiger partial charge is 0.507 e. The van der Waals surface area contributed by atoms with Crippen LogP contribution < -0.4 is 4.74 Å². The molecule has 0 saturated heterocycles. The first-order valence-electron chi connectivity index (χ1n) is 6.14. The molecular formula is C15H11BrN2O3. The standard InChI is InChI=1S/C15H11BrN2O3/c1-20-11-4-2-3-9(7-11)14-17-15(21-18-14)12-6-5-10(16)8-13(12)19/h2-8,19H,1H3. The molecule has 0 spiro atoms. The number of phenols is 1. The number of hydrogen-bond acceptors (Lipinski definition) is 5. The molecule has 0 aliphatic rings. The topological polar surface area (TPSA) is 68.4 Å². The Morgan fingerprint density at radius 3 is 2.81 bits per heavy atom. The molecule has 2 aromatic carbocycles. The second kappa shape index (κ2) is 5.57. The van der Waals surface area contributed by atoms with Gasteiger partial charge in [0.05, 0.1) is 12.7 Å². The summed E-state index contributed by atoms with van der Waals surface area (Å²) in [5.74, 6) is 1.49. The fourth-order valence-corrected chi connectivity index (χ4v) is 2.25. The van der Waals surface area contributed by atoms with Gasteiger partial charge in [-0.25, -0.2) is 0 Å². The van der Waals surface area contributed by atoms with E-state index < -0.39 is 0 Å². The first-order valence-corrected chi connectivity index (χ1v) is 6.93. The van der Waals surface area contributed by atoms with Gasteiger partial charge < -0.3 is 14.4 Å². The number of ether oxygens (including phenoxy) is 1. The molecule has 3 rings (SSSR count). The van der Waals surface area contributed by atoms with E-state index >= 15 is 0 Å². The summed E-state index contributed by atoms with van der Waals surface area (Å²) in [6.45, 7) is 0. The lowest BCUT2D eigenvalue weighted by Crippen LogP contribution is -1.85. The first kappa shape index (κ1) is 13.6. The summed E-state index contributed by atoms with van der Waals surface area (Å²) in [6.07, 6.45) is 0. The average Bonchev–Trinajstić information content (AvgIpc) is 2.97. The number of benzene rings is 2. The van der Waals surface area contributed by atoms with E-state index in [0.29, 0.717) is 17.1 Å². The number of rotatable bonds is 3. The number of methoxy groups -OCH3 is 1. The molecule has 6 heteroatoms. The Morgan fingerprint density at radius 1 is 1.19 bits per heavy atom. The Labute approximate surface area is 129 Å². The molecule has 3 aromatic rings. The lowest BCUT2D eigenvalue weighted by atomic mass is 10.2. The maximum atomic E-state index is 9.93. The molecule has 0 amide bonds. The Balaban J connectivity index is 1.99. The van der Waals surface area contributed by atoms with Crippen LogP contribution in [0.2, 0.25) is 0 Å². The maximum absolute atomic E-state index is 9.93. The third-order valence-electron chi connectivity index (χ3n) is 2.94. The van der Waals surface area contributed by atoms with Gasteiger partial charge in [-0.05, 0) is 30.3 Å². The summed E-state index contributed by atoms with van der Waals surface area (Å²) in [5, 5.41) is 13.9. The maximum Gasteiger partial charge on any atom is 0.261 e. The molecule has 1 aromatic heterocycles. The van der Waals surface area contributed by atoms with Crippen LogP contribution >= 0.6 is 15.9 Å². The highest BCUT2D eigenvalue weighted by atomic mass is 79.9. The smallest absolute Gasteiger partial charge is 0.261 e. The normalized spacial score (nSPS) is 10.6. The molecule has 1 N–H and O–H groups in total. The van der Waals surface area contributed by atoms with Crippen LogP contribution in [-0.4, -0.2) is 22.4 Å². The highest BCUT2D eigenvalue weighted by Gasteiger charge is 2.14. The lowest BCUT2D eigenvalue weighted by Gasteiger charge is -2.00. The number of aromatic hydroxyl groups is 1. The van der Waals surface area contributed by atoms with E-state index in [1.807, 2.05) is 24.3 Å². The summed E-state index contributed by atoms with van der Waals surface area (Å²) >= 11 is 3.29. The zero-order valence-electron chi connectivity index (χ0n) is 11.1. The minimum atomic E-state index is 0.0743. The first-order chi connectivity index (χ1) is 10.2. The van der Waals surface area contributed by atoms with Gasteiger partial charge in [-0.2, -0.15) is 4.98 Å². The van der Waals surface area contributed by atoms with Crippen molar-refractivity contribution >= 4 is 15.9 Å². The van der Waals surface area contributed by atoms with E-state index in [9.17, 15) is 5.11 Å².